The molecule has 4 aromatic rings. The second kappa shape index (κ2) is 6.75. The molecular weight excluding hydrogens is 323 g/mol. The standard InChI is InChI=1S/C23H21FN2/c1-16-11-12-23(25-15-16)26-21-10-6-9-20(24)19(21)14-22(26)17(2)13-18-7-4-3-5-8-18/h3-12,14-15,17H,13H2,1-2H3/t17-/m1/s1. The molecule has 0 saturated heterocycles. The molecule has 0 aliphatic rings. The van der Waals surface area contributed by atoms with E-state index in [1.54, 1.807) is 6.07 Å². The molecule has 4 rings (SSSR count). The van der Waals surface area contributed by atoms with Gasteiger partial charge in [-0.05, 0) is 48.7 Å². The number of fused-ring (bicyclic) bond motifs is 1. The first-order chi connectivity index (χ1) is 12.6. The predicted molar refractivity (Wildman–Crippen MR) is 104 cm³/mol. The minimum Gasteiger partial charge on any atom is -0.298 e. The average Bonchev–Trinajstić information content (AvgIpc) is 3.04. The number of aryl methyl sites for hydroxylation is 1. The van der Waals surface area contributed by atoms with Gasteiger partial charge in [-0.25, -0.2) is 9.37 Å². The van der Waals surface area contributed by atoms with Gasteiger partial charge in [-0.2, -0.15) is 0 Å². The molecule has 0 N–H and O–H groups in total. The van der Waals surface area contributed by atoms with Crippen molar-refractivity contribution in [2.75, 3.05) is 0 Å². The number of benzene rings is 2. The molecular formula is C23H21FN2. The van der Waals surface area contributed by atoms with Crippen LogP contribution >= 0.6 is 0 Å². The molecule has 2 aromatic heterocycles. The van der Waals surface area contributed by atoms with E-state index in [2.05, 4.69) is 40.7 Å². The van der Waals surface area contributed by atoms with Gasteiger partial charge in [0, 0.05) is 23.2 Å². The van der Waals surface area contributed by atoms with Gasteiger partial charge in [0.2, 0.25) is 0 Å². The number of rotatable bonds is 4. The van der Waals surface area contributed by atoms with Gasteiger partial charge in [-0.3, -0.25) is 4.57 Å². The summed E-state index contributed by atoms with van der Waals surface area (Å²) in [5.41, 5.74) is 4.31. The Labute approximate surface area is 152 Å². The molecule has 0 saturated carbocycles. The van der Waals surface area contributed by atoms with Crippen LogP contribution in [0.2, 0.25) is 0 Å². The number of nitrogens with zero attached hydrogens (tertiary/aromatic N) is 2. The fraction of sp³-hybridized carbons (Fsp3) is 0.174. The zero-order valence-electron chi connectivity index (χ0n) is 15.0. The van der Waals surface area contributed by atoms with Crippen molar-refractivity contribution in [2.24, 2.45) is 0 Å². The maximum Gasteiger partial charge on any atom is 0.137 e. The van der Waals surface area contributed by atoms with E-state index in [-0.39, 0.29) is 11.7 Å². The first-order valence-electron chi connectivity index (χ1n) is 8.90. The second-order valence-electron chi connectivity index (χ2n) is 6.86. The molecule has 0 radical (unpaired) electrons. The molecule has 1 atom stereocenters. The lowest BCUT2D eigenvalue weighted by Gasteiger charge is -2.16. The van der Waals surface area contributed by atoms with E-state index in [4.69, 9.17) is 0 Å². The van der Waals surface area contributed by atoms with Crippen molar-refractivity contribution in [3.8, 4) is 5.82 Å². The van der Waals surface area contributed by atoms with E-state index >= 15 is 0 Å². The van der Waals surface area contributed by atoms with Gasteiger partial charge in [0.1, 0.15) is 11.6 Å². The van der Waals surface area contributed by atoms with E-state index in [0.29, 0.717) is 5.39 Å². The maximum atomic E-state index is 14.4. The monoisotopic (exact) mass is 344 g/mol. The Balaban J connectivity index is 1.86. The largest absolute Gasteiger partial charge is 0.298 e. The van der Waals surface area contributed by atoms with E-state index < -0.39 is 0 Å². The van der Waals surface area contributed by atoms with Crippen LogP contribution in [0.25, 0.3) is 16.7 Å². The molecule has 2 heterocycles. The van der Waals surface area contributed by atoms with Crippen molar-refractivity contribution < 1.29 is 4.39 Å². The van der Waals surface area contributed by atoms with Gasteiger partial charge >= 0.3 is 0 Å². The third-order valence-electron chi connectivity index (χ3n) is 4.84. The minimum absolute atomic E-state index is 0.193. The van der Waals surface area contributed by atoms with Gasteiger partial charge in [0.25, 0.3) is 0 Å². The van der Waals surface area contributed by atoms with Crippen LogP contribution in [0.4, 0.5) is 4.39 Å². The van der Waals surface area contributed by atoms with Gasteiger partial charge in [-0.1, -0.05) is 49.4 Å². The molecule has 0 unspecified atom stereocenters. The van der Waals surface area contributed by atoms with Crippen LogP contribution in [0.1, 0.15) is 29.7 Å². The summed E-state index contributed by atoms with van der Waals surface area (Å²) >= 11 is 0. The van der Waals surface area contributed by atoms with Crippen LogP contribution in [0.3, 0.4) is 0 Å². The molecule has 0 aliphatic heterocycles. The summed E-state index contributed by atoms with van der Waals surface area (Å²) in [6.45, 7) is 4.20. The summed E-state index contributed by atoms with van der Waals surface area (Å²) in [6.07, 6.45) is 2.75. The van der Waals surface area contributed by atoms with Crippen molar-refractivity contribution >= 4 is 10.9 Å². The lowest BCUT2D eigenvalue weighted by atomic mass is 9.98. The van der Waals surface area contributed by atoms with Crippen LogP contribution in [-0.2, 0) is 6.42 Å². The molecule has 0 spiro atoms. The highest BCUT2D eigenvalue weighted by Gasteiger charge is 2.18. The Morgan fingerprint density at radius 2 is 1.81 bits per heavy atom. The molecule has 2 aromatic carbocycles. The van der Waals surface area contributed by atoms with Crippen LogP contribution in [-0.4, -0.2) is 9.55 Å². The molecule has 0 amide bonds. The molecule has 130 valence electrons. The zero-order valence-corrected chi connectivity index (χ0v) is 15.0. The Bertz CT molecular complexity index is 1030. The molecule has 0 aliphatic carbocycles. The van der Waals surface area contributed by atoms with Gasteiger partial charge in [0.15, 0.2) is 0 Å². The third kappa shape index (κ3) is 3.01. The zero-order chi connectivity index (χ0) is 18.1. The summed E-state index contributed by atoms with van der Waals surface area (Å²) in [4.78, 5) is 4.59. The van der Waals surface area contributed by atoms with Crippen molar-refractivity contribution in [3.05, 3.63) is 95.6 Å². The van der Waals surface area contributed by atoms with E-state index in [0.717, 1.165) is 29.0 Å². The van der Waals surface area contributed by atoms with Crippen LogP contribution < -0.4 is 0 Å². The smallest absolute Gasteiger partial charge is 0.137 e. The first-order valence-corrected chi connectivity index (χ1v) is 8.90. The summed E-state index contributed by atoms with van der Waals surface area (Å²) in [6, 6.07) is 21.6. The fourth-order valence-electron chi connectivity index (χ4n) is 3.50. The Kier molecular flexibility index (Phi) is 4.29. The SMILES string of the molecule is Cc1ccc(-n2c([C@H](C)Cc3ccccc3)cc3c(F)cccc32)nc1. The molecule has 2 nitrogen and oxygen atoms in total. The van der Waals surface area contributed by atoms with Gasteiger partial charge in [-0.15, -0.1) is 0 Å². The number of aromatic nitrogens is 2. The Hall–Kier alpha value is -2.94. The normalized spacial score (nSPS) is 12.4. The topological polar surface area (TPSA) is 17.8 Å². The summed E-state index contributed by atoms with van der Waals surface area (Å²) in [5.74, 6) is 0.861. The fourth-order valence-corrected chi connectivity index (χ4v) is 3.50. The Morgan fingerprint density at radius 3 is 2.54 bits per heavy atom. The highest BCUT2D eigenvalue weighted by Crippen LogP contribution is 2.31. The first kappa shape index (κ1) is 16.5. The van der Waals surface area contributed by atoms with Gasteiger partial charge in [0.05, 0.1) is 5.52 Å². The quantitative estimate of drug-likeness (QED) is 0.456. The summed E-state index contributed by atoms with van der Waals surface area (Å²) in [5, 5.41) is 0.643. The third-order valence-corrected chi connectivity index (χ3v) is 4.84. The van der Waals surface area contributed by atoms with Crippen LogP contribution in [0, 0.1) is 12.7 Å². The summed E-state index contributed by atoms with van der Waals surface area (Å²) in [7, 11) is 0. The molecule has 0 fully saturated rings. The lowest BCUT2D eigenvalue weighted by molar-refractivity contribution is 0.640. The van der Waals surface area contributed by atoms with Crippen molar-refractivity contribution in [1.29, 1.82) is 0 Å². The van der Waals surface area contributed by atoms with Gasteiger partial charge < -0.3 is 0 Å². The highest BCUT2D eigenvalue weighted by atomic mass is 19.1. The second-order valence-corrected chi connectivity index (χ2v) is 6.86. The van der Waals surface area contributed by atoms with Crippen molar-refractivity contribution in [1.82, 2.24) is 9.55 Å². The van der Waals surface area contributed by atoms with Crippen LogP contribution in [0.5, 0.6) is 0 Å². The van der Waals surface area contributed by atoms with Crippen molar-refractivity contribution in [2.45, 2.75) is 26.2 Å². The lowest BCUT2D eigenvalue weighted by Crippen LogP contribution is -2.07. The number of hydrogen-bond acceptors (Lipinski definition) is 1. The average molecular weight is 344 g/mol. The number of pyridine rings is 1. The van der Waals surface area contributed by atoms with E-state index in [9.17, 15) is 4.39 Å². The molecule has 0 bridgehead atoms. The highest BCUT2D eigenvalue weighted by molar-refractivity contribution is 5.84. The Morgan fingerprint density at radius 1 is 1.00 bits per heavy atom. The van der Waals surface area contributed by atoms with E-state index in [1.165, 1.54) is 11.6 Å². The van der Waals surface area contributed by atoms with E-state index in [1.807, 2.05) is 43.5 Å². The minimum atomic E-state index is -0.193. The van der Waals surface area contributed by atoms with Crippen molar-refractivity contribution in [3.63, 3.8) is 0 Å². The number of halogens is 1. The predicted octanol–water partition coefficient (Wildman–Crippen LogP) is 5.82. The number of hydrogen-bond donors (Lipinski definition) is 0. The molecule has 3 heteroatoms. The maximum absolute atomic E-state index is 14.4. The molecule has 26 heavy (non-hydrogen) atoms. The van der Waals surface area contributed by atoms with Crippen LogP contribution in [0.15, 0.2) is 72.9 Å². The summed E-state index contributed by atoms with van der Waals surface area (Å²) < 4.78 is 16.5.